The third-order valence-corrected chi connectivity index (χ3v) is 4.42. The van der Waals surface area contributed by atoms with E-state index in [0.717, 1.165) is 10.8 Å². The van der Waals surface area contributed by atoms with Gasteiger partial charge in [-0.25, -0.2) is 4.79 Å². The summed E-state index contributed by atoms with van der Waals surface area (Å²) in [6, 6.07) is 21.0. The van der Waals surface area contributed by atoms with Crippen molar-refractivity contribution in [3.05, 3.63) is 78.4 Å². The van der Waals surface area contributed by atoms with Crippen LogP contribution in [-0.2, 0) is 14.3 Å². The highest BCUT2D eigenvalue weighted by atomic mass is 16.5. The minimum absolute atomic E-state index is 0.386. The molecule has 6 nitrogen and oxygen atoms in total. The Morgan fingerprint density at radius 2 is 1.48 bits per heavy atom. The summed E-state index contributed by atoms with van der Waals surface area (Å²) >= 11 is 0. The molecule has 148 valence electrons. The molecule has 0 aromatic heterocycles. The van der Waals surface area contributed by atoms with Gasteiger partial charge in [-0.15, -0.1) is 0 Å². The first-order valence-electron chi connectivity index (χ1n) is 9.30. The van der Waals surface area contributed by atoms with E-state index in [0.29, 0.717) is 11.3 Å². The molecule has 0 aliphatic carbocycles. The molecular formula is C23H22N2O4. The van der Waals surface area contributed by atoms with Crippen molar-refractivity contribution in [3.8, 4) is 0 Å². The van der Waals surface area contributed by atoms with Crippen LogP contribution in [0, 0.1) is 0 Å². The Bertz CT molecular complexity index is 1030. The maximum atomic E-state index is 12.4. The van der Waals surface area contributed by atoms with Gasteiger partial charge >= 0.3 is 5.97 Å². The van der Waals surface area contributed by atoms with Crippen LogP contribution in [0.4, 0.5) is 5.69 Å². The lowest BCUT2D eigenvalue weighted by Crippen LogP contribution is -2.42. The van der Waals surface area contributed by atoms with Gasteiger partial charge in [0.05, 0.1) is 0 Å². The SMILES string of the molecule is C[C@H](NC(=O)c1ccccc1)C(=O)O[C@H](C)C(=O)Nc1ccc2ccccc2c1. The first-order valence-corrected chi connectivity index (χ1v) is 9.30. The molecule has 0 saturated heterocycles. The molecule has 2 N–H and O–H groups in total. The van der Waals surface area contributed by atoms with E-state index in [1.165, 1.54) is 13.8 Å². The lowest BCUT2D eigenvalue weighted by atomic mass is 10.1. The van der Waals surface area contributed by atoms with Crippen LogP contribution in [0.1, 0.15) is 24.2 Å². The number of hydrogen-bond donors (Lipinski definition) is 2. The summed E-state index contributed by atoms with van der Waals surface area (Å²) in [7, 11) is 0. The fourth-order valence-corrected chi connectivity index (χ4v) is 2.77. The lowest BCUT2D eigenvalue weighted by Gasteiger charge is -2.17. The van der Waals surface area contributed by atoms with E-state index in [2.05, 4.69) is 10.6 Å². The minimum Gasteiger partial charge on any atom is -0.451 e. The molecule has 0 spiro atoms. The molecule has 0 bridgehead atoms. The van der Waals surface area contributed by atoms with Gasteiger partial charge < -0.3 is 15.4 Å². The third-order valence-electron chi connectivity index (χ3n) is 4.42. The fourth-order valence-electron chi connectivity index (χ4n) is 2.77. The second-order valence-electron chi connectivity index (χ2n) is 6.69. The van der Waals surface area contributed by atoms with E-state index in [1.807, 2.05) is 36.4 Å². The predicted octanol–water partition coefficient (Wildman–Crippen LogP) is 3.53. The van der Waals surface area contributed by atoms with Crippen molar-refractivity contribution >= 4 is 34.2 Å². The van der Waals surface area contributed by atoms with E-state index in [1.54, 1.807) is 36.4 Å². The van der Waals surface area contributed by atoms with E-state index in [-0.39, 0.29) is 5.91 Å². The highest BCUT2D eigenvalue weighted by molar-refractivity contribution is 5.99. The Balaban J connectivity index is 1.55. The third kappa shape index (κ3) is 5.19. The smallest absolute Gasteiger partial charge is 0.329 e. The molecule has 0 aliphatic heterocycles. The molecule has 29 heavy (non-hydrogen) atoms. The molecule has 3 aromatic carbocycles. The highest BCUT2D eigenvalue weighted by Gasteiger charge is 2.23. The number of ether oxygens (including phenoxy) is 1. The first kappa shape index (κ1) is 20.1. The summed E-state index contributed by atoms with van der Waals surface area (Å²) in [5.41, 5.74) is 1.05. The normalized spacial score (nSPS) is 12.6. The van der Waals surface area contributed by atoms with Crippen LogP contribution in [0.5, 0.6) is 0 Å². The van der Waals surface area contributed by atoms with Crippen molar-refractivity contribution in [2.24, 2.45) is 0 Å². The van der Waals surface area contributed by atoms with E-state index >= 15 is 0 Å². The average Bonchev–Trinajstić information content (AvgIpc) is 2.74. The first-order chi connectivity index (χ1) is 13.9. The number of benzene rings is 3. The van der Waals surface area contributed by atoms with Crippen LogP contribution in [0.3, 0.4) is 0 Å². The van der Waals surface area contributed by atoms with Crippen LogP contribution in [0.25, 0.3) is 10.8 Å². The molecule has 0 heterocycles. The van der Waals surface area contributed by atoms with E-state index in [9.17, 15) is 14.4 Å². The van der Waals surface area contributed by atoms with Crippen molar-refractivity contribution < 1.29 is 19.1 Å². The maximum Gasteiger partial charge on any atom is 0.329 e. The lowest BCUT2D eigenvalue weighted by molar-refractivity contribution is -0.154. The quantitative estimate of drug-likeness (QED) is 0.631. The van der Waals surface area contributed by atoms with Gasteiger partial charge in [0.25, 0.3) is 11.8 Å². The standard InChI is InChI=1S/C23H22N2O4/c1-15(24-22(27)18-9-4-3-5-10-18)23(28)29-16(2)21(26)25-20-13-12-17-8-6-7-11-19(17)14-20/h3-16H,1-2H3,(H,24,27)(H,25,26)/t15-,16+/m0/s1. The summed E-state index contributed by atoms with van der Waals surface area (Å²) in [6.45, 7) is 3.00. The molecule has 0 aliphatic rings. The Morgan fingerprint density at radius 3 is 2.21 bits per heavy atom. The Morgan fingerprint density at radius 1 is 0.828 bits per heavy atom. The Labute approximate surface area is 168 Å². The molecule has 0 radical (unpaired) electrons. The van der Waals surface area contributed by atoms with Crippen LogP contribution in [0.2, 0.25) is 0 Å². The second-order valence-corrected chi connectivity index (χ2v) is 6.69. The van der Waals surface area contributed by atoms with Crippen molar-refractivity contribution in [3.63, 3.8) is 0 Å². The van der Waals surface area contributed by atoms with Gasteiger partial charge in [0.1, 0.15) is 6.04 Å². The zero-order valence-electron chi connectivity index (χ0n) is 16.2. The molecular weight excluding hydrogens is 368 g/mol. The summed E-state index contributed by atoms with van der Waals surface area (Å²) in [4.78, 5) is 36.7. The molecule has 0 saturated carbocycles. The van der Waals surface area contributed by atoms with Crippen LogP contribution in [0.15, 0.2) is 72.8 Å². The maximum absolute atomic E-state index is 12.4. The van der Waals surface area contributed by atoms with Gasteiger partial charge in [0, 0.05) is 11.3 Å². The van der Waals surface area contributed by atoms with Gasteiger partial charge in [-0.2, -0.15) is 0 Å². The molecule has 3 rings (SSSR count). The van der Waals surface area contributed by atoms with E-state index < -0.39 is 24.0 Å². The molecule has 3 aromatic rings. The van der Waals surface area contributed by atoms with Gasteiger partial charge in [0.2, 0.25) is 0 Å². The number of rotatable bonds is 6. The van der Waals surface area contributed by atoms with Crippen molar-refractivity contribution in [2.75, 3.05) is 5.32 Å². The summed E-state index contributed by atoms with van der Waals surface area (Å²) < 4.78 is 5.20. The van der Waals surface area contributed by atoms with E-state index in [4.69, 9.17) is 4.74 Å². The zero-order valence-corrected chi connectivity index (χ0v) is 16.2. The Hall–Kier alpha value is -3.67. The van der Waals surface area contributed by atoms with Crippen LogP contribution < -0.4 is 10.6 Å². The topological polar surface area (TPSA) is 84.5 Å². The van der Waals surface area contributed by atoms with Gasteiger partial charge in [-0.1, -0.05) is 48.5 Å². The van der Waals surface area contributed by atoms with Crippen molar-refractivity contribution in [1.29, 1.82) is 0 Å². The largest absolute Gasteiger partial charge is 0.451 e. The fraction of sp³-hybridized carbons (Fsp3) is 0.174. The number of esters is 1. The second kappa shape index (κ2) is 9.01. The highest BCUT2D eigenvalue weighted by Crippen LogP contribution is 2.19. The number of fused-ring (bicyclic) bond motifs is 1. The van der Waals surface area contributed by atoms with Gasteiger partial charge in [0.15, 0.2) is 6.10 Å². The number of anilines is 1. The number of carbonyl (C=O) groups excluding carboxylic acids is 3. The summed E-state index contributed by atoms with van der Waals surface area (Å²) in [5.74, 6) is -1.52. The molecule has 2 amide bonds. The molecule has 0 unspecified atom stereocenters. The number of carbonyl (C=O) groups is 3. The molecule has 6 heteroatoms. The van der Waals surface area contributed by atoms with Crippen LogP contribution >= 0.6 is 0 Å². The van der Waals surface area contributed by atoms with Gasteiger partial charge in [-0.3, -0.25) is 9.59 Å². The summed E-state index contributed by atoms with van der Waals surface area (Å²) in [6.07, 6.45) is -1.01. The summed E-state index contributed by atoms with van der Waals surface area (Å²) in [5, 5.41) is 7.36. The monoisotopic (exact) mass is 390 g/mol. The number of nitrogens with one attached hydrogen (secondary N) is 2. The average molecular weight is 390 g/mol. The van der Waals surface area contributed by atoms with Crippen molar-refractivity contribution in [1.82, 2.24) is 5.32 Å². The predicted molar refractivity (Wildman–Crippen MR) is 112 cm³/mol. The van der Waals surface area contributed by atoms with Crippen molar-refractivity contribution in [2.45, 2.75) is 26.0 Å². The Kier molecular flexibility index (Phi) is 6.24. The van der Waals surface area contributed by atoms with Gasteiger partial charge in [-0.05, 0) is 48.9 Å². The number of hydrogen-bond acceptors (Lipinski definition) is 4. The van der Waals surface area contributed by atoms with Crippen LogP contribution in [-0.4, -0.2) is 29.9 Å². The number of amides is 2. The zero-order chi connectivity index (χ0) is 20.8. The minimum atomic E-state index is -1.01. The molecule has 2 atom stereocenters. The molecule has 0 fully saturated rings.